The third-order valence-electron chi connectivity index (χ3n) is 5.50. The molecule has 0 bridgehead atoms. The summed E-state index contributed by atoms with van der Waals surface area (Å²) in [5.41, 5.74) is 0.775. The zero-order valence-electron chi connectivity index (χ0n) is 15.2. The predicted octanol–water partition coefficient (Wildman–Crippen LogP) is 0.720. The molecule has 3 amide bonds. The minimum atomic E-state index is -0.887. The minimum Gasteiger partial charge on any atom is -0.347 e. The van der Waals surface area contributed by atoms with E-state index in [1.54, 1.807) is 17.3 Å². The van der Waals surface area contributed by atoms with E-state index in [0.717, 1.165) is 11.3 Å². The van der Waals surface area contributed by atoms with Gasteiger partial charge < -0.3 is 20.1 Å². The van der Waals surface area contributed by atoms with Crippen LogP contribution in [0.1, 0.15) is 30.8 Å². The molecule has 140 valence electrons. The van der Waals surface area contributed by atoms with E-state index in [0.29, 0.717) is 18.8 Å². The minimum absolute atomic E-state index is 0.102. The van der Waals surface area contributed by atoms with Gasteiger partial charge in [-0.25, -0.2) is 4.98 Å². The van der Waals surface area contributed by atoms with Gasteiger partial charge in [-0.2, -0.15) is 0 Å². The number of hydrogen-bond acceptors (Lipinski definition) is 4. The van der Waals surface area contributed by atoms with Gasteiger partial charge in [-0.1, -0.05) is 18.2 Å². The molecule has 2 atom stereocenters. The van der Waals surface area contributed by atoms with Crippen molar-refractivity contribution >= 4 is 23.4 Å². The predicted molar refractivity (Wildman–Crippen MR) is 97.7 cm³/mol. The van der Waals surface area contributed by atoms with Crippen LogP contribution in [0.15, 0.2) is 36.7 Å². The summed E-state index contributed by atoms with van der Waals surface area (Å²) in [4.78, 5) is 43.4. The number of likely N-dealkylation sites (tertiary alicyclic amines) is 1. The van der Waals surface area contributed by atoms with Gasteiger partial charge in [0.2, 0.25) is 17.7 Å². The summed E-state index contributed by atoms with van der Waals surface area (Å²) in [6.07, 6.45) is 3.96. The third-order valence-corrected chi connectivity index (χ3v) is 5.50. The summed E-state index contributed by atoms with van der Waals surface area (Å²) >= 11 is 0. The van der Waals surface area contributed by atoms with Crippen LogP contribution in [-0.2, 0) is 26.8 Å². The molecule has 27 heavy (non-hydrogen) atoms. The number of carbonyl (C=O) groups is 3. The van der Waals surface area contributed by atoms with Gasteiger partial charge in [0.25, 0.3) is 0 Å². The van der Waals surface area contributed by atoms with Crippen molar-refractivity contribution in [2.45, 2.75) is 24.8 Å². The number of para-hydroxylation sites is 1. The number of rotatable bonds is 3. The summed E-state index contributed by atoms with van der Waals surface area (Å²) in [7, 11) is 1.85. The number of anilines is 1. The second-order valence-corrected chi connectivity index (χ2v) is 7.02. The Bertz CT molecular complexity index is 937. The molecule has 4 rings (SSSR count). The molecular formula is C19H21N5O3. The normalized spacial score (nSPS) is 23.4. The average Bonchev–Trinajstić information content (AvgIpc) is 3.30. The first-order chi connectivity index (χ1) is 12.9. The van der Waals surface area contributed by atoms with E-state index in [-0.39, 0.29) is 24.3 Å². The number of carbonyl (C=O) groups excluding carboxylic acids is 3. The van der Waals surface area contributed by atoms with Crippen molar-refractivity contribution in [2.75, 3.05) is 18.4 Å². The molecule has 1 saturated heterocycles. The van der Waals surface area contributed by atoms with Gasteiger partial charge in [-0.05, 0) is 18.1 Å². The van der Waals surface area contributed by atoms with E-state index < -0.39 is 11.5 Å². The van der Waals surface area contributed by atoms with E-state index in [9.17, 15) is 14.4 Å². The van der Waals surface area contributed by atoms with Crippen LogP contribution in [-0.4, -0.2) is 45.3 Å². The second kappa shape index (κ2) is 6.22. The number of fused-ring (bicyclic) bond motifs is 2. The van der Waals surface area contributed by atoms with Gasteiger partial charge in [0.15, 0.2) is 0 Å². The molecule has 0 radical (unpaired) electrons. The third kappa shape index (κ3) is 2.51. The van der Waals surface area contributed by atoms with E-state index >= 15 is 0 Å². The summed E-state index contributed by atoms with van der Waals surface area (Å²) in [5.74, 6) is 0.0315. The Morgan fingerprint density at radius 2 is 2.15 bits per heavy atom. The first-order valence-electron chi connectivity index (χ1n) is 8.87. The van der Waals surface area contributed by atoms with Gasteiger partial charge in [0, 0.05) is 38.6 Å². The molecule has 3 heterocycles. The molecule has 1 aromatic heterocycles. The van der Waals surface area contributed by atoms with Crippen molar-refractivity contribution in [3.8, 4) is 0 Å². The Morgan fingerprint density at radius 1 is 1.37 bits per heavy atom. The van der Waals surface area contributed by atoms with Crippen LogP contribution in [0, 0.1) is 0 Å². The molecule has 1 fully saturated rings. The lowest BCUT2D eigenvalue weighted by Crippen LogP contribution is -2.46. The summed E-state index contributed by atoms with van der Waals surface area (Å²) in [6.45, 7) is 1.68. The number of aryl methyl sites for hydroxylation is 1. The van der Waals surface area contributed by atoms with E-state index in [1.807, 2.05) is 35.9 Å². The lowest BCUT2D eigenvalue weighted by atomic mass is 9.74. The lowest BCUT2D eigenvalue weighted by Gasteiger charge is -2.33. The van der Waals surface area contributed by atoms with E-state index in [1.165, 1.54) is 6.92 Å². The molecule has 2 N–H and O–H groups in total. The fourth-order valence-corrected chi connectivity index (χ4v) is 4.26. The highest BCUT2D eigenvalue weighted by atomic mass is 16.2. The zero-order valence-corrected chi connectivity index (χ0v) is 15.2. The van der Waals surface area contributed by atoms with Crippen LogP contribution in [0.2, 0.25) is 0 Å². The second-order valence-electron chi connectivity index (χ2n) is 7.02. The highest BCUT2D eigenvalue weighted by Gasteiger charge is 2.60. The Morgan fingerprint density at radius 3 is 2.85 bits per heavy atom. The SMILES string of the molecule is CC(=O)NCC(=O)N1CC[C@]2(C(=O)Nc3ccccc32)[C@@H]1c1nccn1C. The molecule has 8 nitrogen and oxygen atoms in total. The molecule has 0 unspecified atom stereocenters. The maximum atomic E-state index is 13.2. The van der Waals surface area contributed by atoms with Crippen LogP contribution in [0.25, 0.3) is 0 Å². The lowest BCUT2D eigenvalue weighted by molar-refractivity contribution is -0.134. The zero-order chi connectivity index (χ0) is 19.2. The van der Waals surface area contributed by atoms with Crippen molar-refractivity contribution in [2.24, 2.45) is 7.05 Å². The summed E-state index contributed by atoms with van der Waals surface area (Å²) < 4.78 is 1.84. The van der Waals surface area contributed by atoms with Crippen LogP contribution in [0.4, 0.5) is 5.69 Å². The van der Waals surface area contributed by atoms with E-state index in [4.69, 9.17) is 0 Å². The van der Waals surface area contributed by atoms with E-state index in [2.05, 4.69) is 15.6 Å². The van der Waals surface area contributed by atoms with Crippen LogP contribution >= 0.6 is 0 Å². The highest BCUT2D eigenvalue weighted by Crippen LogP contribution is 2.54. The van der Waals surface area contributed by atoms with Gasteiger partial charge in [-0.15, -0.1) is 0 Å². The topological polar surface area (TPSA) is 96.3 Å². The number of aromatic nitrogens is 2. The van der Waals surface area contributed by atoms with Crippen LogP contribution < -0.4 is 10.6 Å². The Balaban J connectivity index is 1.81. The quantitative estimate of drug-likeness (QED) is 0.835. The molecule has 2 aliphatic heterocycles. The first kappa shape index (κ1) is 17.3. The molecule has 8 heteroatoms. The smallest absolute Gasteiger partial charge is 0.242 e. The Hall–Kier alpha value is -3.16. The van der Waals surface area contributed by atoms with Crippen molar-refractivity contribution in [1.82, 2.24) is 19.8 Å². The van der Waals surface area contributed by atoms with Crippen molar-refractivity contribution in [1.29, 1.82) is 0 Å². The fraction of sp³-hybridized carbons (Fsp3) is 0.368. The standard InChI is InChI=1S/C19H21N5O3/c1-12(25)21-11-15(26)24-9-7-19(16(24)17-20-8-10-23(17)2)13-5-3-4-6-14(13)22-18(19)27/h3-6,8,10,16H,7,9,11H2,1-2H3,(H,21,25)(H,22,27)/t16-,19+/m0/s1. The molecule has 0 aliphatic carbocycles. The number of imidazole rings is 1. The monoisotopic (exact) mass is 367 g/mol. The number of nitrogens with one attached hydrogen (secondary N) is 2. The number of amides is 3. The first-order valence-corrected chi connectivity index (χ1v) is 8.87. The van der Waals surface area contributed by atoms with Gasteiger partial charge >= 0.3 is 0 Å². The number of hydrogen-bond donors (Lipinski definition) is 2. The molecule has 0 saturated carbocycles. The molecule has 2 aromatic rings. The average molecular weight is 367 g/mol. The van der Waals surface area contributed by atoms with Gasteiger partial charge in [-0.3, -0.25) is 14.4 Å². The van der Waals surface area contributed by atoms with Crippen LogP contribution in [0.3, 0.4) is 0 Å². The number of benzene rings is 1. The van der Waals surface area contributed by atoms with Gasteiger partial charge in [0.05, 0.1) is 6.54 Å². The summed E-state index contributed by atoms with van der Waals surface area (Å²) in [6, 6.07) is 7.05. The maximum absolute atomic E-state index is 13.2. The molecule has 2 aliphatic rings. The van der Waals surface area contributed by atoms with Crippen molar-refractivity contribution in [3.05, 3.63) is 48.0 Å². The largest absolute Gasteiger partial charge is 0.347 e. The highest BCUT2D eigenvalue weighted by molar-refractivity contribution is 6.07. The Labute approximate surface area is 156 Å². The fourth-order valence-electron chi connectivity index (χ4n) is 4.26. The van der Waals surface area contributed by atoms with Crippen molar-refractivity contribution < 1.29 is 14.4 Å². The number of nitrogens with zero attached hydrogens (tertiary/aromatic N) is 3. The maximum Gasteiger partial charge on any atom is 0.242 e. The van der Waals surface area contributed by atoms with Crippen molar-refractivity contribution in [3.63, 3.8) is 0 Å². The van der Waals surface area contributed by atoms with Gasteiger partial charge in [0.1, 0.15) is 17.3 Å². The molecule has 1 spiro atoms. The van der Waals surface area contributed by atoms with Crippen LogP contribution in [0.5, 0.6) is 0 Å². The summed E-state index contributed by atoms with van der Waals surface area (Å²) in [5, 5.41) is 5.52. The molecule has 1 aromatic carbocycles. The molecular weight excluding hydrogens is 346 g/mol. The Kier molecular flexibility index (Phi) is 3.98.